The standard InChI is InChI=1S/C21H29N3O3/c1-4-14-27-19-8-6-18(7-9-19)20(25)10-11-21(26)22-12-5-13-24-17(3)15-16(2)23-24/h6-9,15H,4-5,10-14H2,1-3H3,(H,22,26). The summed E-state index contributed by atoms with van der Waals surface area (Å²) in [6.07, 6.45) is 2.16. The molecule has 0 fully saturated rings. The molecule has 6 nitrogen and oxygen atoms in total. The second-order valence-electron chi connectivity index (χ2n) is 6.65. The highest BCUT2D eigenvalue weighted by Gasteiger charge is 2.09. The van der Waals surface area contributed by atoms with Gasteiger partial charge in [-0.1, -0.05) is 6.92 Å². The molecule has 0 saturated heterocycles. The van der Waals surface area contributed by atoms with Crippen molar-refractivity contribution in [3.63, 3.8) is 0 Å². The molecule has 2 aromatic rings. The van der Waals surface area contributed by atoms with E-state index in [4.69, 9.17) is 4.74 Å². The van der Waals surface area contributed by atoms with Gasteiger partial charge < -0.3 is 10.1 Å². The summed E-state index contributed by atoms with van der Waals surface area (Å²) in [5, 5.41) is 7.26. The fourth-order valence-corrected chi connectivity index (χ4v) is 2.77. The van der Waals surface area contributed by atoms with Crippen LogP contribution in [0.15, 0.2) is 30.3 Å². The van der Waals surface area contributed by atoms with Crippen molar-refractivity contribution < 1.29 is 14.3 Å². The van der Waals surface area contributed by atoms with E-state index in [0.29, 0.717) is 18.7 Å². The molecule has 0 saturated carbocycles. The fourth-order valence-electron chi connectivity index (χ4n) is 2.77. The third-order valence-corrected chi connectivity index (χ3v) is 4.20. The van der Waals surface area contributed by atoms with Crippen LogP contribution in [0.1, 0.15) is 54.4 Å². The molecule has 27 heavy (non-hydrogen) atoms. The van der Waals surface area contributed by atoms with E-state index in [1.165, 1.54) is 0 Å². The zero-order valence-corrected chi connectivity index (χ0v) is 16.5. The van der Waals surface area contributed by atoms with Gasteiger partial charge >= 0.3 is 0 Å². The van der Waals surface area contributed by atoms with Gasteiger partial charge in [0.1, 0.15) is 5.75 Å². The quantitative estimate of drug-likeness (QED) is 0.485. The van der Waals surface area contributed by atoms with E-state index < -0.39 is 0 Å². The third kappa shape index (κ3) is 6.89. The summed E-state index contributed by atoms with van der Waals surface area (Å²) in [6.45, 7) is 8.04. The van der Waals surface area contributed by atoms with Crippen LogP contribution in [0.4, 0.5) is 0 Å². The van der Waals surface area contributed by atoms with Gasteiger partial charge in [-0.25, -0.2) is 0 Å². The molecule has 6 heteroatoms. The number of carbonyl (C=O) groups excluding carboxylic acids is 2. The Hall–Kier alpha value is -2.63. The van der Waals surface area contributed by atoms with E-state index in [0.717, 1.165) is 36.5 Å². The Labute approximate surface area is 160 Å². The van der Waals surface area contributed by atoms with Gasteiger partial charge in [0.05, 0.1) is 12.3 Å². The zero-order valence-electron chi connectivity index (χ0n) is 16.5. The van der Waals surface area contributed by atoms with E-state index in [-0.39, 0.29) is 24.5 Å². The Morgan fingerprint density at radius 1 is 1.15 bits per heavy atom. The summed E-state index contributed by atoms with van der Waals surface area (Å²) in [5.41, 5.74) is 2.73. The SMILES string of the molecule is CCCOc1ccc(C(=O)CCC(=O)NCCCn2nc(C)cc2C)cc1. The van der Waals surface area contributed by atoms with Gasteiger partial charge in [-0.2, -0.15) is 5.10 Å². The highest BCUT2D eigenvalue weighted by Crippen LogP contribution is 2.14. The number of nitrogens with one attached hydrogen (secondary N) is 1. The van der Waals surface area contributed by atoms with Crippen LogP contribution in [0.25, 0.3) is 0 Å². The van der Waals surface area contributed by atoms with Crippen molar-refractivity contribution in [3.05, 3.63) is 47.3 Å². The van der Waals surface area contributed by atoms with E-state index in [1.54, 1.807) is 24.3 Å². The van der Waals surface area contributed by atoms with Crippen molar-refractivity contribution in [2.75, 3.05) is 13.2 Å². The number of aryl methyl sites for hydroxylation is 3. The number of rotatable bonds is 11. The number of amides is 1. The number of ketones is 1. The van der Waals surface area contributed by atoms with Crippen molar-refractivity contribution in [2.45, 2.75) is 53.0 Å². The number of hydrogen-bond donors (Lipinski definition) is 1. The molecular weight excluding hydrogens is 342 g/mol. The van der Waals surface area contributed by atoms with Crippen LogP contribution in [0.5, 0.6) is 5.75 Å². The number of carbonyl (C=O) groups is 2. The minimum Gasteiger partial charge on any atom is -0.494 e. The first-order valence-corrected chi connectivity index (χ1v) is 9.53. The first kappa shape index (κ1) is 20.7. The third-order valence-electron chi connectivity index (χ3n) is 4.20. The van der Waals surface area contributed by atoms with Gasteiger partial charge in [0.2, 0.25) is 5.91 Å². The molecule has 1 aromatic carbocycles. The number of aromatic nitrogens is 2. The molecule has 0 atom stereocenters. The molecule has 0 spiro atoms. The number of hydrogen-bond acceptors (Lipinski definition) is 4. The summed E-state index contributed by atoms with van der Waals surface area (Å²) < 4.78 is 7.45. The minimum absolute atomic E-state index is 0.0326. The van der Waals surface area contributed by atoms with E-state index in [9.17, 15) is 9.59 Å². The molecule has 0 aliphatic carbocycles. The van der Waals surface area contributed by atoms with Crippen LogP contribution in [0.3, 0.4) is 0 Å². The smallest absolute Gasteiger partial charge is 0.220 e. The molecule has 0 aliphatic heterocycles. The van der Waals surface area contributed by atoms with Gasteiger partial charge in [-0.15, -0.1) is 0 Å². The molecule has 0 unspecified atom stereocenters. The lowest BCUT2D eigenvalue weighted by Gasteiger charge is -2.07. The predicted octanol–water partition coefficient (Wildman–Crippen LogP) is 3.46. The second-order valence-corrected chi connectivity index (χ2v) is 6.65. The van der Waals surface area contributed by atoms with Crippen LogP contribution < -0.4 is 10.1 Å². The highest BCUT2D eigenvalue weighted by molar-refractivity contribution is 5.98. The monoisotopic (exact) mass is 371 g/mol. The number of nitrogens with zero attached hydrogens (tertiary/aromatic N) is 2. The van der Waals surface area contributed by atoms with E-state index in [2.05, 4.69) is 10.4 Å². The van der Waals surface area contributed by atoms with Gasteiger partial charge in [-0.05, 0) is 57.0 Å². The predicted molar refractivity (Wildman–Crippen MR) is 105 cm³/mol. The van der Waals surface area contributed by atoms with Crippen LogP contribution in [0.2, 0.25) is 0 Å². The van der Waals surface area contributed by atoms with Crippen LogP contribution >= 0.6 is 0 Å². The van der Waals surface area contributed by atoms with Crippen LogP contribution in [-0.2, 0) is 11.3 Å². The average molecular weight is 371 g/mol. The zero-order chi connectivity index (χ0) is 19.6. The van der Waals surface area contributed by atoms with Crippen molar-refractivity contribution in [2.24, 2.45) is 0 Å². The van der Waals surface area contributed by atoms with Crippen molar-refractivity contribution in [3.8, 4) is 5.75 Å². The molecule has 1 heterocycles. The summed E-state index contributed by atoms with van der Waals surface area (Å²) in [6, 6.07) is 9.12. The lowest BCUT2D eigenvalue weighted by atomic mass is 10.1. The number of Topliss-reactive ketones (excluding diaryl/α,β-unsaturated/α-hetero) is 1. The molecule has 1 amide bonds. The topological polar surface area (TPSA) is 73.2 Å². The number of benzene rings is 1. The van der Waals surface area contributed by atoms with Crippen LogP contribution in [-0.4, -0.2) is 34.6 Å². The maximum absolute atomic E-state index is 12.2. The Kier molecular flexibility index (Phi) is 8.04. The molecule has 146 valence electrons. The molecule has 0 radical (unpaired) electrons. The summed E-state index contributed by atoms with van der Waals surface area (Å²) >= 11 is 0. The van der Waals surface area contributed by atoms with Crippen molar-refractivity contribution in [1.29, 1.82) is 0 Å². The number of ether oxygens (including phenoxy) is 1. The molecule has 0 aliphatic rings. The van der Waals surface area contributed by atoms with E-state index in [1.807, 2.05) is 31.5 Å². The summed E-state index contributed by atoms with van der Waals surface area (Å²) in [5.74, 6) is 0.628. The normalized spacial score (nSPS) is 10.6. The van der Waals surface area contributed by atoms with Gasteiger partial charge in [-0.3, -0.25) is 14.3 Å². The molecule has 1 N–H and O–H groups in total. The lowest BCUT2D eigenvalue weighted by molar-refractivity contribution is -0.121. The Morgan fingerprint density at radius 3 is 2.52 bits per heavy atom. The summed E-state index contributed by atoms with van der Waals surface area (Å²) in [7, 11) is 0. The maximum atomic E-state index is 12.2. The minimum atomic E-state index is -0.0976. The lowest BCUT2D eigenvalue weighted by Crippen LogP contribution is -2.25. The Bertz CT molecular complexity index is 751. The molecular formula is C21H29N3O3. The maximum Gasteiger partial charge on any atom is 0.220 e. The molecule has 1 aromatic heterocycles. The van der Waals surface area contributed by atoms with Gasteiger partial charge in [0, 0.05) is 37.2 Å². The fraction of sp³-hybridized carbons (Fsp3) is 0.476. The molecule has 0 bridgehead atoms. The van der Waals surface area contributed by atoms with Crippen molar-refractivity contribution in [1.82, 2.24) is 15.1 Å². The van der Waals surface area contributed by atoms with E-state index >= 15 is 0 Å². The second kappa shape index (κ2) is 10.5. The van der Waals surface area contributed by atoms with Gasteiger partial charge in [0.15, 0.2) is 5.78 Å². The van der Waals surface area contributed by atoms with Gasteiger partial charge in [0.25, 0.3) is 0 Å². The Balaban J connectivity index is 1.65. The largest absolute Gasteiger partial charge is 0.494 e. The summed E-state index contributed by atoms with van der Waals surface area (Å²) in [4.78, 5) is 24.1. The first-order valence-electron chi connectivity index (χ1n) is 9.53. The highest BCUT2D eigenvalue weighted by atomic mass is 16.5. The first-order chi connectivity index (χ1) is 13.0. The Morgan fingerprint density at radius 2 is 1.89 bits per heavy atom. The van der Waals surface area contributed by atoms with Crippen LogP contribution in [0, 0.1) is 13.8 Å². The van der Waals surface area contributed by atoms with Crippen molar-refractivity contribution >= 4 is 11.7 Å². The molecule has 2 rings (SSSR count). The average Bonchev–Trinajstić information content (AvgIpc) is 2.99.